The van der Waals surface area contributed by atoms with Crippen molar-refractivity contribution in [2.75, 3.05) is 37.7 Å². The summed E-state index contributed by atoms with van der Waals surface area (Å²) in [7, 11) is 0. The number of phenols is 1. The molecule has 1 aromatic carbocycles. The maximum atomic E-state index is 10.4. The van der Waals surface area contributed by atoms with Crippen LogP contribution in [0, 0.1) is 0 Å². The van der Waals surface area contributed by atoms with Gasteiger partial charge < -0.3 is 20.1 Å². The molecule has 8 nitrogen and oxygen atoms in total. The average molecular weight is 582 g/mol. The predicted octanol–water partition coefficient (Wildman–Crippen LogP) is 5.53. The first-order valence-corrected chi connectivity index (χ1v) is 15.5. The number of halogens is 2. The van der Waals surface area contributed by atoms with E-state index in [1.165, 1.54) is 25.7 Å². The Morgan fingerprint density at radius 2 is 1.70 bits per heavy atom. The number of hydrogen-bond acceptors (Lipinski definition) is 8. The molecule has 210 valence electrons. The smallest absolute Gasteiger partial charge is 0.320 e. The maximum absolute atomic E-state index is 10.4. The number of nitrogens with one attached hydrogen (secondary N) is 1. The zero-order chi connectivity index (χ0) is 27.0. The number of aromatic nitrogens is 3. The van der Waals surface area contributed by atoms with Crippen LogP contribution in [0.25, 0.3) is 22.3 Å². The van der Waals surface area contributed by atoms with E-state index in [1.807, 2.05) is 6.07 Å². The Labute approximate surface area is 244 Å². The fraction of sp³-hybridized carbons (Fsp3) is 0.567. The highest BCUT2D eigenvalue weighted by molar-refractivity contribution is 6.34. The van der Waals surface area contributed by atoms with E-state index in [9.17, 15) is 5.11 Å². The van der Waals surface area contributed by atoms with E-state index < -0.39 is 0 Å². The van der Waals surface area contributed by atoms with Gasteiger partial charge in [-0.25, -0.2) is 4.98 Å². The highest BCUT2D eigenvalue weighted by Crippen LogP contribution is 2.50. The summed E-state index contributed by atoms with van der Waals surface area (Å²) in [5.74, 6) is 1.29. The number of rotatable bonds is 6. The molecule has 2 bridgehead atoms. The molecule has 2 aromatic heterocycles. The molecule has 5 aliphatic rings. The highest BCUT2D eigenvalue weighted by atomic mass is 35.5. The van der Waals surface area contributed by atoms with Crippen LogP contribution in [-0.2, 0) is 0 Å². The summed E-state index contributed by atoms with van der Waals surface area (Å²) in [6.07, 6.45) is 9.25. The van der Waals surface area contributed by atoms with E-state index in [0.29, 0.717) is 52.0 Å². The van der Waals surface area contributed by atoms with E-state index >= 15 is 0 Å². The number of hydrogen-bond donors (Lipinski definition) is 2. The summed E-state index contributed by atoms with van der Waals surface area (Å²) >= 11 is 13.6. The predicted molar refractivity (Wildman–Crippen MR) is 157 cm³/mol. The minimum Gasteiger partial charge on any atom is -0.508 e. The molecule has 5 fully saturated rings. The number of aromatic hydroxyl groups is 1. The molecule has 0 spiro atoms. The molecule has 10 heteroatoms. The largest absolute Gasteiger partial charge is 0.508 e. The lowest BCUT2D eigenvalue weighted by molar-refractivity contribution is 0.108. The number of benzene rings is 1. The van der Waals surface area contributed by atoms with Crippen LogP contribution in [0.4, 0.5) is 5.82 Å². The summed E-state index contributed by atoms with van der Waals surface area (Å²) in [6, 6.07) is 6.55. The minimum absolute atomic E-state index is 0.0999. The van der Waals surface area contributed by atoms with Gasteiger partial charge in [-0.1, -0.05) is 23.2 Å². The van der Waals surface area contributed by atoms with E-state index in [-0.39, 0.29) is 11.3 Å². The van der Waals surface area contributed by atoms with Gasteiger partial charge in [0.15, 0.2) is 5.65 Å². The lowest BCUT2D eigenvalue weighted by Crippen LogP contribution is -2.51. The molecule has 1 aliphatic carbocycles. The van der Waals surface area contributed by atoms with Crippen molar-refractivity contribution in [2.45, 2.75) is 74.9 Å². The van der Waals surface area contributed by atoms with Gasteiger partial charge in [0.2, 0.25) is 0 Å². The average Bonchev–Trinajstić information content (AvgIpc) is 3.42. The number of anilines is 1. The Morgan fingerprint density at radius 1 is 0.950 bits per heavy atom. The summed E-state index contributed by atoms with van der Waals surface area (Å²) in [5, 5.41) is 16.0. The quantitative estimate of drug-likeness (QED) is 0.393. The van der Waals surface area contributed by atoms with Crippen molar-refractivity contribution in [3.63, 3.8) is 0 Å². The van der Waals surface area contributed by atoms with Crippen molar-refractivity contribution in [1.82, 2.24) is 25.2 Å². The zero-order valence-corrected chi connectivity index (χ0v) is 24.0. The number of nitrogens with zero attached hydrogens (tertiary/aromatic N) is 5. The van der Waals surface area contributed by atoms with Crippen molar-refractivity contribution < 1.29 is 9.84 Å². The van der Waals surface area contributed by atoms with E-state index in [1.54, 1.807) is 12.1 Å². The van der Waals surface area contributed by atoms with Gasteiger partial charge in [0, 0.05) is 35.8 Å². The molecule has 4 saturated heterocycles. The molecule has 0 radical (unpaired) electrons. The van der Waals surface area contributed by atoms with Crippen molar-refractivity contribution in [3.05, 3.63) is 33.8 Å². The van der Waals surface area contributed by atoms with Crippen LogP contribution in [0.5, 0.6) is 11.8 Å². The molecular formula is C30H34Cl2N6O2. The van der Waals surface area contributed by atoms with Gasteiger partial charge in [0.05, 0.1) is 21.6 Å². The monoisotopic (exact) mass is 580 g/mol. The summed E-state index contributed by atoms with van der Waals surface area (Å²) < 4.78 is 6.45. The third-order valence-corrected chi connectivity index (χ3v) is 10.4. The van der Waals surface area contributed by atoms with Crippen LogP contribution in [0.1, 0.15) is 62.8 Å². The Balaban J connectivity index is 1.23. The normalized spacial score (nSPS) is 25.6. The van der Waals surface area contributed by atoms with E-state index in [2.05, 4.69) is 15.1 Å². The molecular weight excluding hydrogens is 547 g/mol. The summed E-state index contributed by atoms with van der Waals surface area (Å²) in [6.45, 7) is 4.66. The fourth-order valence-electron chi connectivity index (χ4n) is 7.71. The SMILES string of the molecule is Oc1cc(Cl)c(C2CC2)c(-c2nc3nc(OCC45CCCN4CCC5)nc(N4CC5CCC(C4)N5)c3cc2Cl)c1. The van der Waals surface area contributed by atoms with Gasteiger partial charge in [-0.3, -0.25) is 4.90 Å². The molecule has 4 aliphatic heterocycles. The first-order chi connectivity index (χ1) is 19.5. The molecule has 8 rings (SSSR count). The second kappa shape index (κ2) is 9.58. The van der Waals surface area contributed by atoms with Crippen LogP contribution in [0.2, 0.25) is 10.0 Å². The standard InChI is InChI=1S/C30H34Cl2N6O2/c31-23-12-20(39)11-21(25(23)17-3-4-17)26-24(32)13-22-27(34-26)35-29(40-16-30-7-1-9-38(30)10-2-8-30)36-28(22)37-14-18-5-6-19(15-37)33-18/h11-13,17-19,33,39H,1-10,14-16H2. The topological polar surface area (TPSA) is 86.6 Å². The number of pyridine rings is 1. The number of piperazine rings is 1. The highest BCUT2D eigenvalue weighted by Gasteiger charge is 2.45. The van der Waals surface area contributed by atoms with Crippen LogP contribution in [-0.4, -0.2) is 75.4 Å². The van der Waals surface area contributed by atoms with Crippen molar-refractivity contribution in [2.24, 2.45) is 0 Å². The molecule has 1 saturated carbocycles. The molecule has 2 atom stereocenters. The molecule has 3 aromatic rings. The third-order valence-electron chi connectivity index (χ3n) is 9.75. The van der Waals surface area contributed by atoms with Crippen molar-refractivity contribution >= 4 is 40.1 Å². The van der Waals surface area contributed by atoms with Gasteiger partial charge in [-0.15, -0.1) is 0 Å². The fourth-order valence-corrected chi connectivity index (χ4v) is 8.33. The van der Waals surface area contributed by atoms with Gasteiger partial charge >= 0.3 is 6.01 Å². The Bertz CT molecular complexity index is 1480. The second-order valence-corrected chi connectivity index (χ2v) is 13.2. The van der Waals surface area contributed by atoms with Gasteiger partial charge in [-0.2, -0.15) is 9.97 Å². The zero-order valence-electron chi connectivity index (χ0n) is 22.5. The molecule has 2 unspecified atom stereocenters. The van der Waals surface area contributed by atoms with Crippen molar-refractivity contribution in [1.29, 1.82) is 0 Å². The summed E-state index contributed by atoms with van der Waals surface area (Å²) in [5.41, 5.74) is 3.01. The van der Waals surface area contributed by atoms with Gasteiger partial charge in [0.25, 0.3) is 0 Å². The summed E-state index contributed by atoms with van der Waals surface area (Å²) in [4.78, 5) is 19.8. The number of phenolic OH excluding ortho intramolecular Hbond substituents is 1. The van der Waals surface area contributed by atoms with Gasteiger partial charge in [-0.05, 0) is 94.1 Å². The van der Waals surface area contributed by atoms with Crippen molar-refractivity contribution in [3.8, 4) is 23.0 Å². The third kappa shape index (κ3) is 4.30. The Hall–Kier alpha value is -2.39. The molecule has 0 amide bonds. The van der Waals surface area contributed by atoms with E-state index in [4.69, 9.17) is 42.9 Å². The lowest BCUT2D eigenvalue weighted by Gasteiger charge is -2.34. The van der Waals surface area contributed by atoms with Crippen LogP contribution >= 0.6 is 23.2 Å². The van der Waals surface area contributed by atoms with Gasteiger partial charge in [0.1, 0.15) is 18.2 Å². The van der Waals surface area contributed by atoms with Crippen LogP contribution in [0.3, 0.4) is 0 Å². The number of fused-ring (bicyclic) bond motifs is 4. The second-order valence-electron chi connectivity index (χ2n) is 12.4. The molecule has 40 heavy (non-hydrogen) atoms. The van der Waals surface area contributed by atoms with E-state index in [0.717, 1.165) is 74.2 Å². The molecule has 2 N–H and O–H groups in total. The first kappa shape index (κ1) is 25.3. The maximum Gasteiger partial charge on any atom is 0.320 e. The minimum atomic E-state index is 0.0999. The van der Waals surface area contributed by atoms with Crippen LogP contribution < -0.4 is 15.0 Å². The van der Waals surface area contributed by atoms with Crippen LogP contribution in [0.15, 0.2) is 18.2 Å². The molecule has 6 heterocycles. The first-order valence-electron chi connectivity index (χ1n) is 14.8. The Morgan fingerprint density at radius 3 is 2.42 bits per heavy atom. The number of ether oxygens (including phenoxy) is 1. The Kier molecular flexibility index (Phi) is 6.07. The lowest BCUT2D eigenvalue weighted by atomic mass is 9.95.